The number of rotatable bonds is 8. The smallest absolute Gasteiger partial charge is 0.143 e. The SMILES string of the molecule is C=CCOc1c(Br)cc(Br)c2c(Cc3ccc(Br)c4c(OCC=C)c(Br)cc(Br)c34)ccc(Br)c12. The van der Waals surface area contributed by atoms with E-state index >= 15 is 0 Å². The maximum atomic E-state index is 6.05. The van der Waals surface area contributed by atoms with Gasteiger partial charge in [0.05, 0.1) is 8.95 Å². The molecular formula is C27H18Br6O2. The predicted octanol–water partition coefficient (Wildman–Crippen LogP) is 11.3. The van der Waals surface area contributed by atoms with Gasteiger partial charge in [-0.2, -0.15) is 0 Å². The highest BCUT2D eigenvalue weighted by Gasteiger charge is 2.20. The average molecular weight is 854 g/mol. The lowest BCUT2D eigenvalue weighted by molar-refractivity contribution is 0.365. The fourth-order valence-electron chi connectivity index (χ4n) is 4.03. The van der Waals surface area contributed by atoms with E-state index in [1.165, 1.54) is 0 Å². The topological polar surface area (TPSA) is 18.5 Å². The van der Waals surface area contributed by atoms with Gasteiger partial charge in [0, 0.05) is 39.4 Å². The van der Waals surface area contributed by atoms with Crippen LogP contribution in [-0.2, 0) is 6.42 Å². The summed E-state index contributed by atoms with van der Waals surface area (Å²) in [5, 5.41) is 4.19. The van der Waals surface area contributed by atoms with E-state index in [1.54, 1.807) is 12.2 Å². The second-order valence-electron chi connectivity index (χ2n) is 7.63. The maximum Gasteiger partial charge on any atom is 0.143 e. The van der Waals surface area contributed by atoms with Crippen LogP contribution in [0.25, 0.3) is 21.5 Å². The van der Waals surface area contributed by atoms with Crippen molar-refractivity contribution in [3.05, 3.63) is 99.7 Å². The highest BCUT2D eigenvalue weighted by atomic mass is 79.9. The molecular weight excluding hydrogens is 836 g/mol. The van der Waals surface area contributed by atoms with Crippen molar-refractivity contribution in [3.63, 3.8) is 0 Å². The molecule has 35 heavy (non-hydrogen) atoms. The Kier molecular flexibility index (Phi) is 9.25. The quantitative estimate of drug-likeness (QED) is 0.164. The van der Waals surface area contributed by atoms with Gasteiger partial charge >= 0.3 is 0 Å². The molecule has 0 saturated carbocycles. The molecule has 4 aromatic carbocycles. The molecule has 0 saturated heterocycles. The molecule has 0 heterocycles. The van der Waals surface area contributed by atoms with Crippen LogP contribution < -0.4 is 9.47 Å². The molecule has 4 aromatic rings. The van der Waals surface area contributed by atoms with Crippen LogP contribution in [0.2, 0.25) is 0 Å². The van der Waals surface area contributed by atoms with E-state index in [9.17, 15) is 0 Å². The number of halogens is 6. The number of benzene rings is 4. The highest BCUT2D eigenvalue weighted by Crippen LogP contribution is 2.47. The van der Waals surface area contributed by atoms with Crippen LogP contribution in [0, 0.1) is 0 Å². The molecule has 8 heteroatoms. The molecule has 0 aliphatic carbocycles. The molecule has 0 aromatic heterocycles. The summed E-state index contributed by atoms with van der Waals surface area (Å²) in [6, 6.07) is 12.5. The third-order valence-electron chi connectivity index (χ3n) is 5.43. The standard InChI is InChI=1S/C27H18Br6O2/c1-3-9-34-26-20(32)12-18(30)22-14(5-7-16(28)24(22)26)11-15-6-8-17(29)25-23(15)19(31)13-21(33)27(25)35-10-4-2/h3-8,12-13H,1-2,9-11H2. The Balaban J connectivity index is 1.96. The minimum atomic E-state index is 0.415. The molecule has 0 radical (unpaired) electrons. The summed E-state index contributed by atoms with van der Waals surface area (Å²) in [6.07, 6.45) is 4.19. The van der Waals surface area contributed by atoms with Crippen molar-refractivity contribution in [1.29, 1.82) is 0 Å². The largest absolute Gasteiger partial charge is 0.488 e. The molecule has 0 bridgehead atoms. The summed E-state index contributed by atoms with van der Waals surface area (Å²) in [5.74, 6) is 1.56. The third-order valence-corrected chi connectivity index (χ3v) is 9.18. The molecule has 0 aliphatic heterocycles. The van der Waals surface area contributed by atoms with E-state index in [1.807, 2.05) is 12.1 Å². The van der Waals surface area contributed by atoms with Crippen LogP contribution in [0.15, 0.2) is 88.5 Å². The van der Waals surface area contributed by atoms with Crippen LogP contribution in [-0.4, -0.2) is 13.2 Å². The normalized spacial score (nSPS) is 11.1. The maximum absolute atomic E-state index is 6.05. The van der Waals surface area contributed by atoms with Crippen LogP contribution in [0.1, 0.15) is 11.1 Å². The fourth-order valence-corrected chi connectivity index (χ4v) is 8.12. The van der Waals surface area contributed by atoms with Crippen molar-refractivity contribution < 1.29 is 9.47 Å². The van der Waals surface area contributed by atoms with Crippen molar-refractivity contribution in [2.24, 2.45) is 0 Å². The second-order valence-corrected chi connectivity index (χ2v) is 12.8. The van der Waals surface area contributed by atoms with Gasteiger partial charge in [0.25, 0.3) is 0 Å². The van der Waals surface area contributed by atoms with Gasteiger partial charge in [-0.05, 0) is 73.7 Å². The highest BCUT2D eigenvalue weighted by molar-refractivity contribution is 9.11. The van der Waals surface area contributed by atoms with Crippen LogP contribution >= 0.6 is 95.6 Å². The summed E-state index contributed by atoms with van der Waals surface area (Å²) in [4.78, 5) is 0. The molecule has 0 amide bonds. The summed E-state index contributed by atoms with van der Waals surface area (Å²) < 4.78 is 17.8. The molecule has 0 atom stereocenters. The Morgan fingerprint density at radius 2 is 0.943 bits per heavy atom. The molecule has 0 N–H and O–H groups in total. The number of fused-ring (bicyclic) bond motifs is 2. The van der Waals surface area contributed by atoms with Crippen molar-refractivity contribution in [3.8, 4) is 11.5 Å². The number of hydrogen-bond donors (Lipinski definition) is 0. The first-order valence-corrected chi connectivity index (χ1v) is 15.2. The summed E-state index contributed by atoms with van der Waals surface area (Å²) in [6.45, 7) is 8.40. The predicted molar refractivity (Wildman–Crippen MR) is 168 cm³/mol. The Morgan fingerprint density at radius 3 is 1.31 bits per heavy atom. The van der Waals surface area contributed by atoms with Gasteiger partial charge in [0.2, 0.25) is 0 Å². The Labute approximate surface area is 254 Å². The Bertz CT molecular complexity index is 1370. The van der Waals surface area contributed by atoms with Crippen LogP contribution in [0.3, 0.4) is 0 Å². The summed E-state index contributed by atoms with van der Waals surface area (Å²) in [7, 11) is 0. The molecule has 0 aliphatic rings. The van der Waals surface area contributed by atoms with E-state index < -0.39 is 0 Å². The van der Waals surface area contributed by atoms with Gasteiger partial charge in [0.1, 0.15) is 24.7 Å². The minimum Gasteiger partial charge on any atom is -0.488 e. The zero-order valence-corrected chi connectivity index (χ0v) is 27.8. The molecule has 0 unspecified atom stereocenters. The van der Waals surface area contributed by atoms with Crippen molar-refractivity contribution in [1.82, 2.24) is 0 Å². The summed E-state index contributed by atoms with van der Waals surface area (Å²) in [5.41, 5.74) is 2.33. The molecule has 180 valence electrons. The van der Waals surface area contributed by atoms with Gasteiger partial charge < -0.3 is 9.47 Å². The molecule has 2 nitrogen and oxygen atoms in total. The average Bonchev–Trinajstić information content (AvgIpc) is 2.81. The van der Waals surface area contributed by atoms with Crippen LogP contribution in [0.5, 0.6) is 11.5 Å². The lowest BCUT2D eigenvalue weighted by Gasteiger charge is -2.19. The van der Waals surface area contributed by atoms with E-state index in [4.69, 9.17) is 9.47 Å². The molecule has 0 spiro atoms. The minimum absolute atomic E-state index is 0.415. The number of ether oxygens (including phenoxy) is 2. The van der Waals surface area contributed by atoms with Crippen LogP contribution in [0.4, 0.5) is 0 Å². The third kappa shape index (κ3) is 5.48. The first-order valence-electron chi connectivity index (χ1n) is 10.4. The zero-order chi connectivity index (χ0) is 25.3. The zero-order valence-electron chi connectivity index (χ0n) is 18.2. The van der Waals surface area contributed by atoms with Gasteiger partial charge in [0.15, 0.2) is 0 Å². The van der Waals surface area contributed by atoms with E-state index in [2.05, 4.69) is 133 Å². The van der Waals surface area contributed by atoms with Crippen molar-refractivity contribution >= 4 is 117 Å². The fraction of sp³-hybridized carbons (Fsp3) is 0.111. The van der Waals surface area contributed by atoms with E-state index in [0.29, 0.717) is 19.6 Å². The summed E-state index contributed by atoms with van der Waals surface area (Å²) >= 11 is 22.4. The van der Waals surface area contributed by atoms with E-state index in [0.717, 1.165) is 71.0 Å². The number of hydrogen-bond acceptors (Lipinski definition) is 2. The lowest BCUT2D eigenvalue weighted by atomic mass is 9.94. The van der Waals surface area contributed by atoms with Gasteiger partial charge in [-0.1, -0.05) is 101 Å². The first kappa shape index (κ1) is 27.4. The lowest BCUT2D eigenvalue weighted by Crippen LogP contribution is -2.00. The van der Waals surface area contributed by atoms with E-state index in [-0.39, 0.29) is 0 Å². The van der Waals surface area contributed by atoms with Gasteiger partial charge in [-0.15, -0.1) is 0 Å². The van der Waals surface area contributed by atoms with Crippen molar-refractivity contribution in [2.75, 3.05) is 13.2 Å². The molecule has 0 fully saturated rings. The Morgan fingerprint density at radius 1 is 0.543 bits per heavy atom. The molecule has 4 rings (SSSR count). The Hall–Kier alpha value is -0.640. The van der Waals surface area contributed by atoms with Gasteiger partial charge in [-0.3, -0.25) is 0 Å². The van der Waals surface area contributed by atoms with Crippen molar-refractivity contribution in [2.45, 2.75) is 6.42 Å². The monoisotopic (exact) mass is 848 g/mol. The first-order chi connectivity index (χ1) is 16.8. The van der Waals surface area contributed by atoms with Gasteiger partial charge in [-0.25, -0.2) is 0 Å². The second kappa shape index (κ2) is 11.8.